The Balaban J connectivity index is 1.96. The van der Waals surface area contributed by atoms with Crippen LogP contribution in [0.25, 0.3) is 0 Å². The molecule has 1 atom stereocenters. The third-order valence-corrected chi connectivity index (χ3v) is 3.57. The van der Waals surface area contributed by atoms with Crippen LogP contribution < -0.4 is 10.6 Å². The van der Waals surface area contributed by atoms with E-state index >= 15 is 0 Å². The summed E-state index contributed by atoms with van der Waals surface area (Å²) in [5.41, 5.74) is 10.7. The van der Waals surface area contributed by atoms with Gasteiger partial charge in [-0.05, 0) is 35.7 Å². The van der Waals surface area contributed by atoms with Gasteiger partial charge in [-0.15, -0.1) is 0 Å². The molecule has 2 nitrogen and oxygen atoms in total. The number of hydrogen-bond donors (Lipinski definition) is 1. The molecule has 0 fully saturated rings. The van der Waals surface area contributed by atoms with E-state index in [4.69, 9.17) is 5.73 Å². The van der Waals surface area contributed by atoms with Crippen LogP contribution in [0.2, 0.25) is 0 Å². The molecule has 86 valence electrons. The topological polar surface area (TPSA) is 29.3 Å². The van der Waals surface area contributed by atoms with Crippen molar-refractivity contribution in [3.8, 4) is 0 Å². The minimum atomic E-state index is 0.438. The predicted octanol–water partition coefficient (Wildman–Crippen LogP) is 3.00. The van der Waals surface area contributed by atoms with E-state index in [1.807, 2.05) is 12.1 Å². The molecule has 2 aromatic rings. The maximum atomic E-state index is 5.73. The fraction of sp³-hybridized carbons (Fsp3) is 0.200. The van der Waals surface area contributed by atoms with Crippen molar-refractivity contribution in [3.05, 3.63) is 59.7 Å². The maximum Gasteiger partial charge on any atom is 0.0580 e. The third kappa shape index (κ3) is 1.66. The first kappa shape index (κ1) is 10.2. The molecular weight excluding hydrogens is 208 g/mol. The number of nitrogen functional groups attached to an aromatic ring is 1. The number of likely N-dealkylation sites (N-methyl/N-ethyl adjacent to an activating group) is 1. The molecule has 0 amide bonds. The number of anilines is 2. The van der Waals surface area contributed by atoms with Crippen molar-refractivity contribution in [3.63, 3.8) is 0 Å². The van der Waals surface area contributed by atoms with Gasteiger partial charge in [-0.25, -0.2) is 0 Å². The maximum absolute atomic E-state index is 5.73. The molecule has 3 rings (SSSR count). The molecule has 0 saturated carbocycles. The zero-order chi connectivity index (χ0) is 11.8. The molecule has 0 aromatic heterocycles. The van der Waals surface area contributed by atoms with Crippen molar-refractivity contribution in [2.75, 3.05) is 17.7 Å². The van der Waals surface area contributed by atoms with Gasteiger partial charge in [0.2, 0.25) is 0 Å². The summed E-state index contributed by atoms with van der Waals surface area (Å²) in [6.45, 7) is 0. The van der Waals surface area contributed by atoms with Crippen LogP contribution in [0.4, 0.5) is 11.4 Å². The Morgan fingerprint density at radius 2 is 1.76 bits per heavy atom. The highest BCUT2D eigenvalue weighted by Crippen LogP contribution is 2.38. The second-order valence-corrected chi connectivity index (χ2v) is 4.63. The number of fused-ring (bicyclic) bond motifs is 1. The van der Waals surface area contributed by atoms with Gasteiger partial charge in [0.05, 0.1) is 6.04 Å². The number of nitrogens with zero attached hydrogens (tertiary/aromatic N) is 1. The number of para-hydroxylation sites is 1. The Labute approximate surface area is 102 Å². The highest BCUT2D eigenvalue weighted by atomic mass is 15.2. The van der Waals surface area contributed by atoms with Crippen LogP contribution in [0.3, 0.4) is 0 Å². The van der Waals surface area contributed by atoms with E-state index in [1.165, 1.54) is 16.8 Å². The van der Waals surface area contributed by atoms with Gasteiger partial charge >= 0.3 is 0 Å². The largest absolute Gasteiger partial charge is 0.399 e. The Morgan fingerprint density at radius 3 is 2.47 bits per heavy atom. The normalized spacial score (nSPS) is 18.2. The highest BCUT2D eigenvalue weighted by Gasteiger charge is 2.26. The summed E-state index contributed by atoms with van der Waals surface area (Å²) in [5, 5.41) is 0. The average Bonchev–Trinajstić information content (AvgIpc) is 2.69. The molecule has 2 aromatic carbocycles. The number of benzene rings is 2. The second-order valence-electron chi connectivity index (χ2n) is 4.63. The van der Waals surface area contributed by atoms with Crippen LogP contribution in [0.15, 0.2) is 48.5 Å². The molecule has 1 aliphatic heterocycles. The molecule has 0 spiro atoms. The summed E-state index contributed by atoms with van der Waals surface area (Å²) in [5.74, 6) is 0. The van der Waals surface area contributed by atoms with Gasteiger partial charge in [0.15, 0.2) is 0 Å². The van der Waals surface area contributed by atoms with Gasteiger partial charge in [-0.2, -0.15) is 0 Å². The summed E-state index contributed by atoms with van der Waals surface area (Å²) >= 11 is 0. The van der Waals surface area contributed by atoms with Gasteiger partial charge in [0.25, 0.3) is 0 Å². The lowest BCUT2D eigenvalue weighted by atomic mass is 10.0. The molecule has 1 aliphatic rings. The summed E-state index contributed by atoms with van der Waals surface area (Å²) in [4.78, 5) is 2.35. The van der Waals surface area contributed by atoms with E-state index in [1.54, 1.807) is 0 Å². The van der Waals surface area contributed by atoms with Crippen LogP contribution in [0.5, 0.6) is 0 Å². The summed E-state index contributed by atoms with van der Waals surface area (Å²) in [6.07, 6.45) is 1.08. The molecule has 0 radical (unpaired) electrons. The van der Waals surface area contributed by atoms with Crippen molar-refractivity contribution in [1.82, 2.24) is 0 Å². The molecule has 0 saturated heterocycles. The SMILES string of the molecule is CN1c2ccccc2CC1c1ccc(N)cc1. The van der Waals surface area contributed by atoms with E-state index in [2.05, 4.69) is 48.3 Å². The first-order chi connectivity index (χ1) is 8.25. The van der Waals surface area contributed by atoms with Gasteiger partial charge in [-0.3, -0.25) is 0 Å². The van der Waals surface area contributed by atoms with Gasteiger partial charge in [-0.1, -0.05) is 30.3 Å². The van der Waals surface area contributed by atoms with E-state index < -0.39 is 0 Å². The molecule has 0 aliphatic carbocycles. The van der Waals surface area contributed by atoms with Gasteiger partial charge in [0.1, 0.15) is 0 Å². The van der Waals surface area contributed by atoms with Crippen molar-refractivity contribution in [2.24, 2.45) is 0 Å². The molecule has 2 heteroatoms. The van der Waals surface area contributed by atoms with Crippen LogP contribution in [-0.4, -0.2) is 7.05 Å². The molecule has 0 bridgehead atoms. The van der Waals surface area contributed by atoms with Gasteiger partial charge in [0, 0.05) is 18.4 Å². The van der Waals surface area contributed by atoms with Gasteiger partial charge < -0.3 is 10.6 Å². The van der Waals surface area contributed by atoms with Crippen molar-refractivity contribution in [2.45, 2.75) is 12.5 Å². The molecule has 2 N–H and O–H groups in total. The smallest absolute Gasteiger partial charge is 0.0580 e. The minimum absolute atomic E-state index is 0.438. The Morgan fingerprint density at radius 1 is 1.06 bits per heavy atom. The number of rotatable bonds is 1. The molecule has 17 heavy (non-hydrogen) atoms. The Bertz CT molecular complexity index is 531. The van der Waals surface area contributed by atoms with Crippen molar-refractivity contribution in [1.29, 1.82) is 0 Å². The lowest BCUT2D eigenvalue weighted by molar-refractivity contribution is 0.716. The first-order valence-electron chi connectivity index (χ1n) is 5.92. The third-order valence-electron chi connectivity index (χ3n) is 3.57. The Hall–Kier alpha value is -1.96. The summed E-state index contributed by atoms with van der Waals surface area (Å²) in [7, 11) is 2.16. The molecule has 1 heterocycles. The zero-order valence-electron chi connectivity index (χ0n) is 9.93. The van der Waals surface area contributed by atoms with Crippen molar-refractivity contribution < 1.29 is 0 Å². The van der Waals surface area contributed by atoms with Crippen LogP contribution in [0.1, 0.15) is 17.2 Å². The van der Waals surface area contributed by atoms with Crippen LogP contribution >= 0.6 is 0 Å². The van der Waals surface area contributed by atoms with Crippen LogP contribution in [0, 0.1) is 0 Å². The zero-order valence-corrected chi connectivity index (χ0v) is 9.93. The summed E-state index contributed by atoms with van der Waals surface area (Å²) in [6, 6.07) is 17.3. The van der Waals surface area contributed by atoms with E-state index in [0.29, 0.717) is 6.04 Å². The minimum Gasteiger partial charge on any atom is -0.399 e. The molecular formula is C15H16N2. The first-order valence-corrected chi connectivity index (χ1v) is 5.92. The highest BCUT2D eigenvalue weighted by molar-refractivity contribution is 5.60. The van der Waals surface area contributed by atoms with E-state index in [-0.39, 0.29) is 0 Å². The second kappa shape index (κ2) is 3.81. The quantitative estimate of drug-likeness (QED) is 0.754. The summed E-state index contributed by atoms with van der Waals surface area (Å²) < 4.78 is 0. The number of nitrogens with two attached hydrogens (primary N) is 1. The van der Waals surface area contributed by atoms with Crippen molar-refractivity contribution >= 4 is 11.4 Å². The Kier molecular flexibility index (Phi) is 2.29. The number of hydrogen-bond acceptors (Lipinski definition) is 2. The monoisotopic (exact) mass is 224 g/mol. The predicted molar refractivity (Wildman–Crippen MR) is 72.1 cm³/mol. The van der Waals surface area contributed by atoms with E-state index in [9.17, 15) is 0 Å². The van der Waals surface area contributed by atoms with Crippen LogP contribution in [-0.2, 0) is 6.42 Å². The fourth-order valence-electron chi connectivity index (χ4n) is 2.60. The average molecular weight is 224 g/mol. The molecule has 1 unspecified atom stereocenters. The lowest BCUT2D eigenvalue weighted by Crippen LogP contribution is -2.19. The van der Waals surface area contributed by atoms with E-state index in [0.717, 1.165) is 12.1 Å². The fourth-order valence-corrected chi connectivity index (χ4v) is 2.60. The lowest BCUT2D eigenvalue weighted by Gasteiger charge is -2.23. The standard InChI is InChI=1S/C15H16N2/c1-17-14-5-3-2-4-12(14)10-15(17)11-6-8-13(16)9-7-11/h2-9,15H,10,16H2,1H3.